The Balaban J connectivity index is 1.57. The second-order valence-electron chi connectivity index (χ2n) is 8.62. The van der Waals surface area contributed by atoms with Crippen LogP contribution in [-0.2, 0) is 27.8 Å². The number of hydrogen-bond donors (Lipinski definition) is 3. The highest BCUT2D eigenvalue weighted by atomic mass is 32.2. The van der Waals surface area contributed by atoms with Gasteiger partial charge in [0.25, 0.3) is 21.8 Å². The second kappa shape index (κ2) is 10.7. The lowest BCUT2D eigenvalue weighted by molar-refractivity contribution is -0.119. The summed E-state index contributed by atoms with van der Waals surface area (Å²) >= 11 is 1.31. The molecule has 0 fully saturated rings. The molecule has 0 bridgehead atoms. The standard InChI is InChI=1S/C25H27N5O5S2/c1-16(31)27-28-24(33)22-20-13-14-29(2)15-21(20)36-25(22)26-23(32)17-9-11-19(12-10-17)37(34,35)30(3)18-7-5-4-6-8-18/h4-12H,13-15H2,1-3H3,(H,26,32)(H,27,31)(H,28,33). The fourth-order valence-corrected chi connectivity index (χ4v) is 6.47. The molecule has 0 spiro atoms. The Morgan fingerprint density at radius 3 is 2.30 bits per heavy atom. The molecule has 3 aromatic rings. The summed E-state index contributed by atoms with van der Waals surface area (Å²) < 4.78 is 27.2. The molecule has 37 heavy (non-hydrogen) atoms. The zero-order valence-electron chi connectivity index (χ0n) is 20.6. The van der Waals surface area contributed by atoms with E-state index in [-0.39, 0.29) is 10.5 Å². The molecular formula is C25H27N5O5S2. The van der Waals surface area contributed by atoms with Crippen molar-refractivity contribution in [2.24, 2.45) is 0 Å². The molecule has 0 saturated carbocycles. The fourth-order valence-electron chi connectivity index (χ4n) is 3.96. The third-order valence-electron chi connectivity index (χ3n) is 5.95. The summed E-state index contributed by atoms with van der Waals surface area (Å²) in [4.78, 5) is 40.3. The lowest BCUT2D eigenvalue weighted by Crippen LogP contribution is -2.41. The van der Waals surface area contributed by atoms with Gasteiger partial charge in [-0.25, -0.2) is 8.42 Å². The molecule has 3 N–H and O–H groups in total. The number of anilines is 2. The monoisotopic (exact) mass is 541 g/mol. The van der Waals surface area contributed by atoms with Gasteiger partial charge < -0.3 is 10.2 Å². The summed E-state index contributed by atoms with van der Waals surface area (Å²) in [7, 11) is -0.378. The van der Waals surface area contributed by atoms with E-state index in [1.54, 1.807) is 30.3 Å². The van der Waals surface area contributed by atoms with Crippen LogP contribution < -0.4 is 20.5 Å². The van der Waals surface area contributed by atoms with Crippen LogP contribution >= 0.6 is 11.3 Å². The number of sulfonamides is 1. The molecule has 0 radical (unpaired) electrons. The highest BCUT2D eigenvalue weighted by molar-refractivity contribution is 7.92. The van der Waals surface area contributed by atoms with Gasteiger partial charge in [-0.3, -0.25) is 29.5 Å². The van der Waals surface area contributed by atoms with Crippen molar-refractivity contribution in [1.29, 1.82) is 0 Å². The van der Waals surface area contributed by atoms with Gasteiger partial charge in [-0.1, -0.05) is 18.2 Å². The first-order valence-corrected chi connectivity index (χ1v) is 13.7. The van der Waals surface area contributed by atoms with Crippen LogP contribution in [-0.4, -0.2) is 51.7 Å². The Hall–Kier alpha value is -3.74. The number of hydrogen-bond acceptors (Lipinski definition) is 7. The lowest BCUT2D eigenvalue weighted by Gasteiger charge is -2.22. The topological polar surface area (TPSA) is 128 Å². The number of hydrazine groups is 1. The van der Waals surface area contributed by atoms with Crippen LogP contribution in [0.2, 0.25) is 0 Å². The molecular weight excluding hydrogens is 514 g/mol. The lowest BCUT2D eigenvalue weighted by atomic mass is 10.0. The maximum atomic E-state index is 13.1. The van der Waals surface area contributed by atoms with Gasteiger partial charge in [-0.05, 0) is 55.4 Å². The average molecular weight is 542 g/mol. The van der Waals surface area contributed by atoms with E-state index in [2.05, 4.69) is 21.1 Å². The quantitative estimate of drug-likeness (QED) is 0.412. The molecule has 2 aromatic carbocycles. The molecule has 0 unspecified atom stereocenters. The number of likely N-dealkylation sites (N-methyl/N-ethyl adjacent to an activating group) is 1. The van der Waals surface area contributed by atoms with Crippen LogP contribution in [0.3, 0.4) is 0 Å². The number of carbonyl (C=O) groups is 3. The van der Waals surface area contributed by atoms with Crippen molar-refractivity contribution in [2.45, 2.75) is 24.8 Å². The molecule has 1 aliphatic rings. The van der Waals surface area contributed by atoms with E-state index in [0.29, 0.717) is 29.2 Å². The molecule has 1 aromatic heterocycles. The number of nitrogens with one attached hydrogen (secondary N) is 3. The maximum absolute atomic E-state index is 13.1. The number of fused-ring (bicyclic) bond motifs is 1. The summed E-state index contributed by atoms with van der Waals surface area (Å²) in [6.07, 6.45) is 0.627. The third-order valence-corrected chi connectivity index (χ3v) is 8.88. The molecule has 0 aliphatic carbocycles. The Morgan fingerprint density at radius 1 is 0.973 bits per heavy atom. The van der Waals surface area contributed by atoms with E-state index in [1.165, 1.54) is 53.9 Å². The summed E-state index contributed by atoms with van der Waals surface area (Å²) in [5.74, 6) is -1.42. The second-order valence-corrected chi connectivity index (χ2v) is 11.7. The average Bonchev–Trinajstić information content (AvgIpc) is 3.24. The number of amides is 3. The van der Waals surface area contributed by atoms with E-state index >= 15 is 0 Å². The van der Waals surface area contributed by atoms with Crippen molar-refractivity contribution >= 4 is 49.8 Å². The minimum atomic E-state index is -3.82. The minimum absolute atomic E-state index is 0.0420. The molecule has 194 valence electrons. The van der Waals surface area contributed by atoms with Crippen molar-refractivity contribution in [3.63, 3.8) is 0 Å². The number of carbonyl (C=O) groups excluding carboxylic acids is 3. The van der Waals surface area contributed by atoms with Gasteiger partial charge in [0.05, 0.1) is 16.1 Å². The first-order valence-electron chi connectivity index (χ1n) is 11.4. The van der Waals surface area contributed by atoms with E-state index in [9.17, 15) is 22.8 Å². The third kappa shape index (κ3) is 5.66. The Bertz CT molecular complexity index is 1440. The number of thiophene rings is 1. The zero-order valence-corrected chi connectivity index (χ0v) is 22.2. The van der Waals surface area contributed by atoms with Crippen molar-refractivity contribution < 1.29 is 22.8 Å². The number of benzene rings is 2. The van der Waals surface area contributed by atoms with Crippen LogP contribution in [0.15, 0.2) is 59.5 Å². The minimum Gasteiger partial charge on any atom is -0.313 e. The zero-order chi connectivity index (χ0) is 26.7. The van der Waals surface area contributed by atoms with Gasteiger partial charge in [0.1, 0.15) is 5.00 Å². The molecule has 2 heterocycles. The van der Waals surface area contributed by atoms with Gasteiger partial charge in [0.2, 0.25) is 5.91 Å². The molecule has 4 rings (SSSR count). The predicted molar refractivity (Wildman–Crippen MR) is 142 cm³/mol. The fraction of sp³-hybridized carbons (Fsp3) is 0.240. The SMILES string of the molecule is CC(=O)NNC(=O)c1c(NC(=O)c2ccc(S(=O)(=O)N(C)c3ccccc3)cc2)sc2c1CCN(C)C2. The normalized spacial score (nSPS) is 13.4. The summed E-state index contributed by atoms with van der Waals surface area (Å²) in [5.41, 5.74) is 6.57. The largest absolute Gasteiger partial charge is 0.313 e. The molecule has 0 saturated heterocycles. The van der Waals surface area contributed by atoms with E-state index in [0.717, 1.165) is 17.0 Å². The van der Waals surface area contributed by atoms with Crippen LogP contribution in [0, 0.1) is 0 Å². The van der Waals surface area contributed by atoms with E-state index in [4.69, 9.17) is 0 Å². The number of nitrogens with zero attached hydrogens (tertiary/aromatic N) is 2. The van der Waals surface area contributed by atoms with Crippen molar-refractivity contribution in [3.8, 4) is 0 Å². The molecule has 1 aliphatic heterocycles. The van der Waals surface area contributed by atoms with Crippen LogP contribution in [0.25, 0.3) is 0 Å². The molecule has 3 amide bonds. The first-order chi connectivity index (χ1) is 17.6. The Morgan fingerprint density at radius 2 is 1.65 bits per heavy atom. The highest BCUT2D eigenvalue weighted by Gasteiger charge is 2.28. The van der Waals surface area contributed by atoms with E-state index < -0.39 is 27.7 Å². The van der Waals surface area contributed by atoms with Gasteiger partial charge in [-0.15, -0.1) is 11.3 Å². The van der Waals surface area contributed by atoms with Gasteiger partial charge in [0.15, 0.2) is 0 Å². The first kappa shape index (κ1) is 26.3. The Kier molecular flexibility index (Phi) is 7.62. The van der Waals surface area contributed by atoms with Gasteiger partial charge in [-0.2, -0.15) is 0 Å². The molecule has 10 nitrogen and oxygen atoms in total. The smallest absolute Gasteiger partial charge is 0.272 e. The maximum Gasteiger partial charge on any atom is 0.272 e. The Labute approximate surface area is 219 Å². The van der Waals surface area contributed by atoms with Crippen LogP contribution in [0.5, 0.6) is 0 Å². The van der Waals surface area contributed by atoms with Crippen molar-refractivity contribution in [1.82, 2.24) is 15.8 Å². The predicted octanol–water partition coefficient (Wildman–Crippen LogP) is 2.59. The summed E-state index contributed by atoms with van der Waals surface area (Å²) in [6, 6.07) is 14.3. The molecule has 12 heteroatoms. The van der Waals surface area contributed by atoms with Gasteiger partial charge in [0, 0.05) is 37.5 Å². The molecule has 0 atom stereocenters. The summed E-state index contributed by atoms with van der Waals surface area (Å²) in [6.45, 7) is 2.67. The van der Waals surface area contributed by atoms with Crippen molar-refractivity contribution in [2.75, 3.05) is 30.3 Å². The highest BCUT2D eigenvalue weighted by Crippen LogP contribution is 2.37. The van der Waals surface area contributed by atoms with Crippen LogP contribution in [0.1, 0.15) is 38.1 Å². The summed E-state index contributed by atoms with van der Waals surface area (Å²) in [5, 5.41) is 3.17. The van der Waals surface area contributed by atoms with E-state index in [1.807, 2.05) is 7.05 Å². The van der Waals surface area contributed by atoms with Gasteiger partial charge >= 0.3 is 0 Å². The number of rotatable bonds is 6. The van der Waals surface area contributed by atoms with Crippen LogP contribution in [0.4, 0.5) is 10.7 Å². The number of para-hydroxylation sites is 1. The van der Waals surface area contributed by atoms with Crippen molar-refractivity contribution in [3.05, 3.63) is 76.2 Å².